The summed E-state index contributed by atoms with van der Waals surface area (Å²) < 4.78 is 0. The van der Waals surface area contributed by atoms with Crippen molar-refractivity contribution in [3.63, 3.8) is 0 Å². The molecule has 0 spiro atoms. The van der Waals surface area contributed by atoms with Gasteiger partial charge < -0.3 is 5.32 Å². The molecule has 0 radical (unpaired) electrons. The van der Waals surface area contributed by atoms with Crippen LogP contribution in [0.3, 0.4) is 0 Å². The lowest BCUT2D eigenvalue weighted by atomic mass is 9.67. The van der Waals surface area contributed by atoms with Crippen LogP contribution < -0.4 is 5.32 Å². The second-order valence-corrected chi connectivity index (χ2v) is 8.79. The average Bonchev–Trinajstić information content (AvgIpc) is 2.27. The molecule has 1 N–H and O–H groups in total. The van der Waals surface area contributed by atoms with Gasteiger partial charge in [-0.15, -0.1) is 0 Å². The Hall–Kier alpha value is -0.110. The summed E-state index contributed by atoms with van der Waals surface area (Å²) in [5.41, 5.74) is 0.202. The summed E-state index contributed by atoms with van der Waals surface area (Å²) in [6.07, 6.45) is 1.17. The molecular formula is C18H37NS. The second kappa shape index (κ2) is 7.24. The normalized spacial score (nSPS) is 16.4. The Balaban J connectivity index is 4.74. The van der Waals surface area contributed by atoms with Gasteiger partial charge in [0, 0.05) is 11.5 Å². The summed E-state index contributed by atoms with van der Waals surface area (Å²) in [4.78, 5) is 1.02. The van der Waals surface area contributed by atoms with Crippen molar-refractivity contribution in [3.05, 3.63) is 0 Å². The Morgan fingerprint density at radius 1 is 0.950 bits per heavy atom. The molecule has 0 aliphatic heterocycles. The van der Waals surface area contributed by atoms with Gasteiger partial charge in [-0.3, -0.25) is 0 Å². The summed E-state index contributed by atoms with van der Waals surface area (Å²) in [6.45, 7) is 23.0. The molecule has 2 heteroatoms. The van der Waals surface area contributed by atoms with Crippen LogP contribution in [-0.2, 0) is 0 Å². The molecule has 20 heavy (non-hydrogen) atoms. The first kappa shape index (κ1) is 19.9. The Labute approximate surface area is 133 Å². The first-order valence-corrected chi connectivity index (χ1v) is 8.55. The van der Waals surface area contributed by atoms with Crippen molar-refractivity contribution in [2.24, 2.45) is 29.1 Å². The summed E-state index contributed by atoms with van der Waals surface area (Å²) >= 11 is 5.67. The molecule has 0 saturated heterocycles. The first-order chi connectivity index (χ1) is 8.83. The maximum absolute atomic E-state index is 5.67. The van der Waals surface area contributed by atoms with E-state index in [2.05, 4.69) is 74.6 Å². The molecule has 0 rings (SSSR count). The Kier molecular flexibility index (Phi) is 7.20. The predicted octanol–water partition coefficient (Wildman–Crippen LogP) is 5.68. The highest BCUT2D eigenvalue weighted by molar-refractivity contribution is 7.80. The van der Waals surface area contributed by atoms with Gasteiger partial charge in [0.15, 0.2) is 0 Å². The first-order valence-electron chi connectivity index (χ1n) is 8.15. The number of hydrogen-bond acceptors (Lipinski definition) is 1. The van der Waals surface area contributed by atoms with Gasteiger partial charge in [-0.1, -0.05) is 67.6 Å². The molecule has 120 valence electrons. The van der Waals surface area contributed by atoms with E-state index in [1.165, 1.54) is 6.42 Å². The standard InChI is InChI=1S/C18H37NS/c1-12(2)14(5)11-15(6)16(20)19-18(9,10)17(7,8)13(3)4/h12-15H,11H2,1-10H3,(H,19,20). The number of thiocarbonyl (C=S) groups is 1. The Bertz CT molecular complexity index is 315. The molecule has 2 atom stereocenters. The van der Waals surface area contributed by atoms with Crippen molar-refractivity contribution in [1.82, 2.24) is 5.32 Å². The molecule has 0 fully saturated rings. The minimum atomic E-state index is 0.00752. The van der Waals surface area contributed by atoms with Crippen LogP contribution in [0.25, 0.3) is 0 Å². The minimum Gasteiger partial charge on any atom is -0.374 e. The third-order valence-corrected chi connectivity index (χ3v) is 6.31. The van der Waals surface area contributed by atoms with Gasteiger partial charge in [0.2, 0.25) is 0 Å². The van der Waals surface area contributed by atoms with Gasteiger partial charge in [0.05, 0.1) is 4.99 Å². The highest BCUT2D eigenvalue weighted by Gasteiger charge is 2.40. The molecule has 0 aliphatic rings. The summed E-state index contributed by atoms with van der Waals surface area (Å²) in [5.74, 6) is 2.49. The molecule has 2 unspecified atom stereocenters. The Morgan fingerprint density at radius 3 is 1.75 bits per heavy atom. The molecule has 0 heterocycles. The highest BCUT2D eigenvalue weighted by atomic mass is 32.1. The quantitative estimate of drug-likeness (QED) is 0.607. The number of rotatable bonds is 7. The fraction of sp³-hybridized carbons (Fsp3) is 0.944. The van der Waals surface area contributed by atoms with Crippen LogP contribution in [0.4, 0.5) is 0 Å². The van der Waals surface area contributed by atoms with E-state index in [4.69, 9.17) is 12.2 Å². The van der Waals surface area contributed by atoms with E-state index >= 15 is 0 Å². The van der Waals surface area contributed by atoms with E-state index in [1.54, 1.807) is 0 Å². The van der Waals surface area contributed by atoms with Gasteiger partial charge in [-0.25, -0.2) is 0 Å². The summed E-state index contributed by atoms with van der Waals surface area (Å²) in [5, 5.41) is 3.65. The van der Waals surface area contributed by atoms with Crippen molar-refractivity contribution in [3.8, 4) is 0 Å². The lowest BCUT2D eigenvalue weighted by Crippen LogP contribution is -2.56. The fourth-order valence-electron chi connectivity index (χ4n) is 2.25. The van der Waals surface area contributed by atoms with E-state index in [1.807, 2.05) is 0 Å². The zero-order valence-electron chi connectivity index (χ0n) is 15.4. The highest BCUT2D eigenvalue weighted by Crippen LogP contribution is 2.38. The van der Waals surface area contributed by atoms with Crippen LogP contribution in [0.5, 0.6) is 0 Å². The molecule has 0 bridgehead atoms. The van der Waals surface area contributed by atoms with Gasteiger partial charge in [-0.2, -0.15) is 0 Å². The lowest BCUT2D eigenvalue weighted by molar-refractivity contribution is 0.113. The van der Waals surface area contributed by atoms with E-state index in [-0.39, 0.29) is 11.0 Å². The molecule has 0 aromatic carbocycles. The van der Waals surface area contributed by atoms with Crippen molar-refractivity contribution >= 4 is 17.2 Å². The molecule has 1 nitrogen and oxygen atoms in total. The molecular weight excluding hydrogens is 262 g/mol. The van der Waals surface area contributed by atoms with Crippen LogP contribution >= 0.6 is 12.2 Å². The van der Waals surface area contributed by atoms with Gasteiger partial charge in [-0.05, 0) is 43.4 Å². The van der Waals surface area contributed by atoms with E-state index in [9.17, 15) is 0 Å². The largest absolute Gasteiger partial charge is 0.374 e. The van der Waals surface area contributed by atoms with E-state index < -0.39 is 0 Å². The van der Waals surface area contributed by atoms with Crippen LogP contribution in [0.15, 0.2) is 0 Å². The lowest BCUT2D eigenvalue weighted by Gasteiger charge is -2.46. The average molecular weight is 300 g/mol. The van der Waals surface area contributed by atoms with E-state index in [0.29, 0.717) is 17.8 Å². The van der Waals surface area contributed by atoms with Crippen LogP contribution in [0.1, 0.15) is 75.7 Å². The second-order valence-electron chi connectivity index (χ2n) is 8.35. The van der Waals surface area contributed by atoms with Gasteiger partial charge in [0.25, 0.3) is 0 Å². The van der Waals surface area contributed by atoms with E-state index in [0.717, 1.165) is 10.9 Å². The molecule has 0 aromatic rings. The number of nitrogens with one attached hydrogen (secondary N) is 1. The predicted molar refractivity (Wildman–Crippen MR) is 96.2 cm³/mol. The maximum atomic E-state index is 5.67. The maximum Gasteiger partial charge on any atom is 0.0786 e. The number of hydrogen-bond donors (Lipinski definition) is 1. The van der Waals surface area contributed by atoms with Gasteiger partial charge in [0.1, 0.15) is 0 Å². The van der Waals surface area contributed by atoms with Crippen molar-refractivity contribution < 1.29 is 0 Å². The fourth-order valence-corrected chi connectivity index (χ4v) is 2.60. The van der Waals surface area contributed by atoms with Crippen molar-refractivity contribution in [1.29, 1.82) is 0 Å². The monoisotopic (exact) mass is 299 g/mol. The van der Waals surface area contributed by atoms with Crippen LogP contribution in [0, 0.1) is 29.1 Å². The van der Waals surface area contributed by atoms with Crippen LogP contribution in [0.2, 0.25) is 0 Å². The Morgan fingerprint density at radius 2 is 1.40 bits per heavy atom. The van der Waals surface area contributed by atoms with Crippen molar-refractivity contribution in [2.45, 2.75) is 81.2 Å². The molecule has 0 aliphatic carbocycles. The summed E-state index contributed by atoms with van der Waals surface area (Å²) in [6, 6.07) is 0. The minimum absolute atomic E-state index is 0.00752. The zero-order chi connectivity index (χ0) is 16.3. The van der Waals surface area contributed by atoms with Gasteiger partial charge >= 0.3 is 0 Å². The molecule has 0 amide bonds. The summed E-state index contributed by atoms with van der Waals surface area (Å²) in [7, 11) is 0. The topological polar surface area (TPSA) is 12.0 Å². The van der Waals surface area contributed by atoms with Crippen LogP contribution in [-0.4, -0.2) is 10.5 Å². The smallest absolute Gasteiger partial charge is 0.0786 e. The SMILES string of the molecule is CC(CC(C)C(C)C)C(=S)NC(C)(C)C(C)(C)C(C)C. The van der Waals surface area contributed by atoms with Crippen molar-refractivity contribution in [2.75, 3.05) is 0 Å². The molecule has 0 aromatic heterocycles. The zero-order valence-corrected chi connectivity index (χ0v) is 16.2. The third-order valence-electron chi connectivity index (χ3n) is 5.80. The molecule has 0 saturated carbocycles. The third kappa shape index (κ3) is 5.02.